The number of benzene rings is 1. The van der Waals surface area contributed by atoms with Gasteiger partial charge in [0.25, 0.3) is 0 Å². The minimum Gasteiger partial charge on any atom is -0.390 e. The maximum atomic E-state index is 11.4. The maximum Gasteiger partial charge on any atom is 0.0834 e. The Morgan fingerprint density at radius 1 is 1.20 bits per heavy atom. The van der Waals surface area contributed by atoms with Crippen molar-refractivity contribution in [3.05, 3.63) is 65.0 Å². The number of aryl methyl sites for hydroxylation is 1. The van der Waals surface area contributed by atoms with Gasteiger partial charge in [-0.1, -0.05) is 30.3 Å². The first-order valence-corrected chi connectivity index (χ1v) is 9.22. The molecule has 1 spiro atoms. The summed E-state index contributed by atoms with van der Waals surface area (Å²) in [4.78, 5) is 6.81. The van der Waals surface area contributed by atoms with Gasteiger partial charge in [-0.15, -0.1) is 0 Å². The summed E-state index contributed by atoms with van der Waals surface area (Å²) < 4.78 is 0. The molecule has 2 atom stereocenters. The lowest BCUT2D eigenvalue weighted by atomic mass is 9.72. The number of pyridine rings is 1. The molecular formula is C21H27N3O. The zero-order valence-corrected chi connectivity index (χ0v) is 15.1. The number of aliphatic hydroxyl groups is 1. The standard InChI is InChI=1S/C21H27N3O/c1-15-6-5-11-23-18(15)14-24(2)19-16-7-3-4-8-17(16)21(20(19)25)9-12-22-13-10-21/h3-8,11,19-20,22,25H,9-10,12-14H2,1-2H3/t19-,20+/m1/s1. The molecule has 0 amide bonds. The molecule has 1 aromatic carbocycles. The van der Waals surface area contributed by atoms with Crippen LogP contribution >= 0.6 is 0 Å². The Kier molecular flexibility index (Phi) is 4.36. The van der Waals surface area contributed by atoms with Crippen molar-refractivity contribution in [1.82, 2.24) is 15.2 Å². The van der Waals surface area contributed by atoms with E-state index in [0.717, 1.165) is 38.2 Å². The molecule has 1 aromatic heterocycles. The minimum atomic E-state index is -0.374. The molecule has 0 saturated carbocycles. The Labute approximate surface area is 149 Å². The Hall–Kier alpha value is -1.75. The smallest absolute Gasteiger partial charge is 0.0834 e. The number of nitrogens with zero attached hydrogens (tertiary/aromatic N) is 2. The molecule has 2 N–H and O–H groups in total. The zero-order valence-electron chi connectivity index (χ0n) is 15.1. The van der Waals surface area contributed by atoms with Gasteiger partial charge in [0.05, 0.1) is 17.8 Å². The number of nitrogens with one attached hydrogen (secondary N) is 1. The highest BCUT2D eigenvalue weighted by Gasteiger charge is 2.52. The van der Waals surface area contributed by atoms with Crippen molar-refractivity contribution >= 4 is 0 Å². The Balaban J connectivity index is 1.69. The molecule has 2 aliphatic rings. The van der Waals surface area contributed by atoms with E-state index in [9.17, 15) is 5.11 Å². The summed E-state index contributed by atoms with van der Waals surface area (Å²) in [5.74, 6) is 0. The van der Waals surface area contributed by atoms with Crippen LogP contribution < -0.4 is 5.32 Å². The van der Waals surface area contributed by atoms with Gasteiger partial charge in [0.1, 0.15) is 0 Å². The summed E-state index contributed by atoms with van der Waals surface area (Å²) in [5.41, 5.74) is 4.80. The monoisotopic (exact) mass is 337 g/mol. The van der Waals surface area contributed by atoms with Crippen LogP contribution in [0, 0.1) is 6.92 Å². The predicted molar refractivity (Wildman–Crippen MR) is 99.4 cm³/mol. The van der Waals surface area contributed by atoms with E-state index in [1.54, 1.807) is 0 Å². The third-order valence-corrected chi connectivity index (χ3v) is 6.17. The number of hydrogen-bond acceptors (Lipinski definition) is 4. The van der Waals surface area contributed by atoms with Gasteiger partial charge in [0.2, 0.25) is 0 Å². The van der Waals surface area contributed by atoms with Crippen LogP contribution in [-0.4, -0.2) is 41.2 Å². The van der Waals surface area contributed by atoms with Crippen LogP contribution in [0.1, 0.15) is 41.3 Å². The third kappa shape index (κ3) is 2.69. The molecule has 1 saturated heterocycles. The number of rotatable bonds is 3. The van der Waals surface area contributed by atoms with Crippen molar-refractivity contribution in [2.24, 2.45) is 0 Å². The van der Waals surface area contributed by atoms with Crippen molar-refractivity contribution in [1.29, 1.82) is 0 Å². The van der Waals surface area contributed by atoms with E-state index < -0.39 is 0 Å². The maximum absolute atomic E-state index is 11.4. The van der Waals surface area contributed by atoms with E-state index in [2.05, 4.69) is 59.5 Å². The predicted octanol–water partition coefficient (Wildman–Crippen LogP) is 2.56. The van der Waals surface area contributed by atoms with Crippen LogP contribution in [0.2, 0.25) is 0 Å². The van der Waals surface area contributed by atoms with Crippen LogP contribution in [0.15, 0.2) is 42.6 Å². The molecule has 4 rings (SSSR count). The van der Waals surface area contributed by atoms with Gasteiger partial charge in [-0.2, -0.15) is 0 Å². The number of likely N-dealkylation sites (N-methyl/N-ethyl adjacent to an activating group) is 1. The Bertz CT molecular complexity index is 754. The van der Waals surface area contributed by atoms with Crippen molar-refractivity contribution in [2.75, 3.05) is 20.1 Å². The molecule has 4 heteroatoms. The molecular weight excluding hydrogens is 310 g/mol. The highest BCUT2D eigenvalue weighted by molar-refractivity contribution is 5.45. The number of aromatic nitrogens is 1. The Morgan fingerprint density at radius 3 is 2.72 bits per heavy atom. The van der Waals surface area contributed by atoms with Crippen LogP contribution in [0.25, 0.3) is 0 Å². The van der Waals surface area contributed by atoms with E-state index >= 15 is 0 Å². The quantitative estimate of drug-likeness (QED) is 0.904. The van der Waals surface area contributed by atoms with Gasteiger partial charge in [0, 0.05) is 18.2 Å². The van der Waals surface area contributed by atoms with Crippen LogP contribution in [0.4, 0.5) is 0 Å². The van der Waals surface area contributed by atoms with Crippen LogP contribution in [0.3, 0.4) is 0 Å². The van der Waals surface area contributed by atoms with Gasteiger partial charge in [-0.05, 0) is 62.7 Å². The van der Waals surface area contributed by atoms with E-state index in [4.69, 9.17) is 0 Å². The molecule has 0 unspecified atom stereocenters. The average molecular weight is 337 g/mol. The van der Waals surface area contributed by atoms with Crippen molar-refractivity contribution < 1.29 is 5.11 Å². The fourth-order valence-electron chi connectivity index (χ4n) is 4.77. The van der Waals surface area contributed by atoms with Crippen molar-refractivity contribution in [2.45, 2.75) is 43.9 Å². The molecule has 0 bridgehead atoms. The first-order chi connectivity index (χ1) is 12.1. The zero-order chi connectivity index (χ0) is 17.4. The van der Waals surface area contributed by atoms with E-state index in [-0.39, 0.29) is 17.6 Å². The lowest BCUT2D eigenvalue weighted by Crippen LogP contribution is -2.48. The molecule has 132 valence electrons. The van der Waals surface area contributed by atoms with E-state index in [0.29, 0.717) is 0 Å². The van der Waals surface area contributed by atoms with Crippen molar-refractivity contribution in [3.63, 3.8) is 0 Å². The first-order valence-electron chi connectivity index (χ1n) is 9.22. The van der Waals surface area contributed by atoms with Gasteiger partial charge in [-0.3, -0.25) is 9.88 Å². The average Bonchev–Trinajstić information content (AvgIpc) is 2.87. The summed E-state index contributed by atoms with van der Waals surface area (Å²) in [6, 6.07) is 12.7. The fourth-order valence-corrected chi connectivity index (χ4v) is 4.77. The second kappa shape index (κ2) is 6.52. The summed E-state index contributed by atoms with van der Waals surface area (Å²) >= 11 is 0. The number of piperidine rings is 1. The number of aliphatic hydroxyl groups excluding tert-OH is 1. The second-order valence-electron chi connectivity index (χ2n) is 7.57. The molecule has 4 nitrogen and oxygen atoms in total. The largest absolute Gasteiger partial charge is 0.390 e. The van der Waals surface area contributed by atoms with Gasteiger partial charge in [0.15, 0.2) is 0 Å². The number of fused-ring (bicyclic) bond motifs is 2. The molecule has 1 aliphatic heterocycles. The molecule has 1 fully saturated rings. The van der Waals surface area contributed by atoms with Crippen LogP contribution in [-0.2, 0) is 12.0 Å². The molecule has 0 radical (unpaired) electrons. The normalized spacial score (nSPS) is 24.6. The first kappa shape index (κ1) is 16.7. The number of hydrogen-bond donors (Lipinski definition) is 2. The van der Waals surface area contributed by atoms with E-state index in [1.165, 1.54) is 16.7 Å². The second-order valence-corrected chi connectivity index (χ2v) is 7.57. The van der Waals surface area contributed by atoms with Gasteiger partial charge >= 0.3 is 0 Å². The minimum absolute atomic E-state index is 0.0238. The molecule has 2 aromatic rings. The van der Waals surface area contributed by atoms with Crippen LogP contribution in [0.5, 0.6) is 0 Å². The summed E-state index contributed by atoms with van der Waals surface area (Å²) in [7, 11) is 2.11. The topological polar surface area (TPSA) is 48.4 Å². The Morgan fingerprint density at radius 2 is 1.96 bits per heavy atom. The lowest BCUT2D eigenvalue weighted by Gasteiger charge is -2.40. The lowest BCUT2D eigenvalue weighted by molar-refractivity contribution is 0.00382. The SMILES string of the molecule is Cc1cccnc1CN(C)[C@@H]1c2ccccc2C2(CCNCC2)[C@H]1O. The summed E-state index contributed by atoms with van der Waals surface area (Å²) in [5, 5.41) is 14.9. The highest BCUT2D eigenvalue weighted by atomic mass is 16.3. The third-order valence-electron chi connectivity index (χ3n) is 6.17. The molecule has 25 heavy (non-hydrogen) atoms. The van der Waals surface area contributed by atoms with Crippen molar-refractivity contribution in [3.8, 4) is 0 Å². The molecule has 1 aliphatic carbocycles. The van der Waals surface area contributed by atoms with Gasteiger partial charge in [-0.25, -0.2) is 0 Å². The van der Waals surface area contributed by atoms with Gasteiger partial charge < -0.3 is 10.4 Å². The summed E-state index contributed by atoms with van der Waals surface area (Å²) in [6.07, 6.45) is 3.47. The summed E-state index contributed by atoms with van der Waals surface area (Å²) in [6.45, 7) is 4.79. The van der Waals surface area contributed by atoms with E-state index in [1.807, 2.05) is 12.3 Å². The molecule has 2 heterocycles. The fraction of sp³-hybridized carbons (Fsp3) is 0.476. The highest BCUT2D eigenvalue weighted by Crippen LogP contribution is 2.51.